The van der Waals surface area contributed by atoms with Crippen LogP contribution in [0.25, 0.3) is 0 Å². The summed E-state index contributed by atoms with van der Waals surface area (Å²) in [6.45, 7) is 4.26. The summed E-state index contributed by atoms with van der Waals surface area (Å²) in [5.74, 6) is 1.92. The number of rotatable bonds is 7. The van der Waals surface area contributed by atoms with Crippen LogP contribution in [0, 0.1) is 5.92 Å². The standard InChI is InChI=1S/C19H26N4O3S2/c1-13(2)15-4-6-16(7-5-15)20-18(24)11-27-19-22-21-17(23(19)3)10-14-8-9-28(25,26)12-14/h4-7,13-14H,8-12H2,1-3H3,(H,20,24)/t14-/m0/s1. The molecule has 1 N–H and O–H groups in total. The Hall–Kier alpha value is -1.87. The van der Waals surface area contributed by atoms with E-state index in [9.17, 15) is 13.2 Å². The number of carbonyl (C=O) groups excluding carboxylic acids is 1. The molecule has 7 nitrogen and oxygen atoms in total. The molecule has 0 saturated carbocycles. The van der Waals surface area contributed by atoms with Crippen molar-refractivity contribution in [3.8, 4) is 0 Å². The lowest BCUT2D eigenvalue weighted by molar-refractivity contribution is -0.113. The summed E-state index contributed by atoms with van der Waals surface area (Å²) < 4.78 is 25.1. The van der Waals surface area contributed by atoms with Crippen molar-refractivity contribution >= 4 is 33.2 Å². The predicted molar refractivity (Wildman–Crippen MR) is 111 cm³/mol. The van der Waals surface area contributed by atoms with Crippen molar-refractivity contribution in [1.82, 2.24) is 14.8 Å². The maximum Gasteiger partial charge on any atom is 0.234 e. The van der Waals surface area contributed by atoms with E-state index in [0.717, 1.165) is 11.5 Å². The zero-order valence-corrected chi connectivity index (χ0v) is 18.0. The van der Waals surface area contributed by atoms with Gasteiger partial charge in [0.25, 0.3) is 0 Å². The molecule has 1 fully saturated rings. The molecule has 1 aliphatic heterocycles. The number of carbonyl (C=O) groups is 1. The molecule has 3 rings (SSSR count). The highest BCUT2D eigenvalue weighted by Crippen LogP contribution is 2.24. The molecule has 152 valence electrons. The highest BCUT2D eigenvalue weighted by molar-refractivity contribution is 7.99. The van der Waals surface area contributed by atoms with E-state index in [1.54, 1.807) is 0 Å². The average Bonchev–Trinajstić information content (AvgIpc) is 3.16. The molecule has 0 spiro atoms. The average molecular weight is 423 g/mol. The smallest absolute Gasteiger partial charge is 0.234 e. The van der Waals surface area contributed by atoms with E-state index in [1.807, 2.05) is 35.9 Å². The van der Waals surface area contributed by atoms with Crippen molar-refractivity contribution in [1.29, 1.82) is 0 Å². The van der Waals surface area contributed by atoms with Gasteiger partial charge in [0.15, 0.2) is 15.0 Å². The largest absolute Gasteiger partial charge is 0.325 e. The zero-order chi connectivity index (χ0) is 20.3. The summed E-state index contributed by atoms with van der Waals surface area (Å²) in [7, 11) is -1.05. The first-order valence-corrected chi connectivity index (χ1v) is 12.2. The van der Waals surface area contributed by atoms with Crippen LogP contribution >= 0.6 is 11.8 Å². The molecule has 1 aromatic carbocycles. The van der Waals surface area contributed by atoms with Crippen LogP contribution in [0.3, 0.4) is 0 Å². The lowest BCUT2D eigenvalue weighted by Crippen LogP contribution is -2.15. The summed E-state index contributed by atoms with van der Waals surface area (Å²) in [6.07, 6.45) is 1.27. The zero-order valence-electron chi connectivity index (χ0n) is 16.4. The van der Waals surface area contributed by atoms with E-state index >= 15 is 0 Å². The van der Waals surface area contributed by atoms with E-state index in [-0.39, 0.29) is 29.1 Å². The Morgan fingerprint density at radius 1 is 1.29 bits per heavy atom. The molecule has 1 saturated heterocycles. The number of hydrogen-bond acceptors (Lipinski definition) is 6. The van der Waals surface area contributed by atoms with Gasteiger partial charge in [-0.15, -0.1) is 10.2 Å². The molecule has 2 aromatic rings. The molecule has 0 radical (unpaired) electrons. The quantitative estimate of drug-likeness (QED) is 0.690. The molecule has 0 unspecified atom stereocenters. The third-order valence-electron chi connectivity index (χ3n) is 4.92. The topological polar surface area (TPSA) is 94.0 Å². The lowest BCUT2D eigenvalue weighted by atomic mass is 10.0. The number of benzene rings is 1. The third kappa shape index (κ3) is 5.35. The van der Waals surface area contributed by atoms with Gasteiger partial charge < -0.3 is 9.88 Å². The molecule has 0 bridgehead atoms. The van der Waals surface area contributed by atoms with Gasteiger partial charge >= 0.3 is 0 Å². The molecule has 1 aliphatic rings. The van der Waals surface area contributed by atoms with E-state index < -0.39 is 9.84 Å². The number of amides is 1. The Kier molecular flexibility index (Phi) is 6.44. The third-order valence-corrected chi connectivity index (χ3v) is 7.77. The number of thioether (sulfide) groups is 1. The fraction of sp³-hybridized carbons (Fsp3) is 0.526. The Balaban J connectivity index is 1.52. The minimum Gasteiger partial charge on any atom is -0.325 e. The van der Waals surface area contributed by atoms with Crippen molar-refractivity contribution < 1.29 is 13.2 Å². The molecular formula is C19H26N4O3S2. The Bertz CT molecular complexity index is 937. The monoisotopic (exact) mass is 422 g/mol. The first-order valence-electron chi connectivity index (χ1n) is 9.35. The maximum atomic E-state index is 12.2. The molecule has 28 heavy (non-hydrogen) atoms. The second kappa shape index (κ2) is 8.65. The summed E-state index contributed by atoms with van der Waals surface area (Å²) in [6, 6.07) is 7.86. The molecule has 1 amide bonds. The Labute approximate surface area is 170 Å². The van der Waals surface area contributed by atoms with Crippen molar-refractivity contribution in [3.05, 3.63) is 35.7 Å². The van der Waals surface area contributed by atoms with Crippen molar-refractivity contribution in [2.45, 2.75) is 37.8 Å². The van der Waals surface area contributed by atoms with Gasteiger partial charge in [-0.3, -0.25) is 4.79 Å². The number of hydrogen-bond donors (Lipinski definition) is 1. The summed E-state index contributed by atoms with van der Waals surface area (Å²) >= 11 is 1.32. The first-order chi connectivity index (χ1) is 13.2. The molecular weight excluding hydrogens is 396 g/mol. The number of nitrogens with zero attached hydrogens (tertiary/aromatic N) is 3. The molecule has 1 atom stereocenters. The number of aromatic nitrogens is 3. The Morgan fingerprint density at radius 3 is 2.61 bits per heavy atom. The van der Waals surface area contributed by atoms with Crippen LogP contribution in [-0.4, -0.2) is 46.3 Å². The molecule has 0 aliphatic carbocycles. The van der Waals surface area contributed by atoms with Crippen molar-refractivity contribution in [3.63, 3.8) is 0 Å². The fourth-order valence-corrected chi connectivity index (χ4v) is 5.81. The van der Waals surface area contributed by atoms with Gasteiger partial charge in [-0.2, -0.15) is 0 Å². The number of nitrogens with one attached hydrogen (secondary N) is 1. The highest BCUT2D eigenvalue weighted by atomic mass is 32.2. The van der Waals surface area contributed by atoms with Crippen LogP contribution < -0.4 is 5.32 Å². The summed E-state index contributed by atoms with van der Waals surface area (Å²) in [5.41, 5.74) is 2.00. The van der Waals surface area contributed by atoms with E-state index in [0.29, 0.717) is 23.9 Å². The van der Waals surface area contributed by atoms with Gasteiger partial charge in [0.1, 0.15) is 5.82 Å². The fourth-order valence-electron chi connectivity index (χ4n) is 3.22. The van der Waals surface area contributed by atoms with Crippen LogP contribution in [-0.2, 0) is 28.1 Å². The van der Waals surface area contributed by atoms with E-state index in [2.05, 4.69) is 29.4 Å². The maximum absolute atomic E-state index is 12.2. The van der Waals surface area contributed by atoms with Gasteiger partial charge in [-0.25, -0.2) is 8.42 Å². The predicted octanol–water partition coefficient (Wildman–Crippen LogP) is 2.65. The van der Waals surface area contributed by atoms with Crippen LogP contribution in [0.4, 0.5) is 5.69 Å². The second-order valence-electron chi connectivity index (χ2n) is 7.54. The van der Waals surface area contributed by atoms with Gasteiger partial charge in [-0.05, 0) is 36.0 Å². The first kappa shape index (κ1) is 20.9. The molecule has 2 heterocycles. The van der Waals surface area contributed by atoms with Crippen molar-refractivity contribution in [2.75, 3.05) is 22.6 Å². The highest BCUT2D eigenvalue weighted by Gasteiger charge is 2.29. The number of sulfone groups is 1. The lowest BCUT2D eigenvalue weighted by Gasteiger charge is -2.09. The van der Waals surface area contributed by atoms with Crippen LogP contribution in [0.2, 0.25) is 0 Å². The minimum atomic E-state index is -2.90. The summed E-state index contributed by atoms with van der Waals surface area (Å²) in [4.78, 5) is 12.2. The van der Waals surface area contributed by atoms with Crippen molar-refractivity contribution in [2.24, 2.45) is 13.0 Å². The van der Waals surface area contributed by atoms with Gasteiger partial charge in [0.2, 0.25) is 5.91 Å². The minimum absolute atomic E-state index is 0.0999. The van der Waals surface area contributed by atoms with E-state index in [4.69, 9.17) is 0 Å². The van der Waals surface area contributed by atoms with Gasteiger partial charge in [0, 0.05) is 19.2 Å². The van der Waals surface area contributed by atoms with Gasteiger partial charge in [0.05, 0.1) is 17.3 Å². The van der Waals surface area contributed by atoms with E-state index in [1.165, 1.54) is 17.3 Å². The van der Waals surface area contributed by atoms with Crippen LogP contribution in [0.15, 0.2) is 29.4 Å². The molecule has 1 aromatic heterocycles. The Morgan fingerprint density at radius 2 is 2.00 bits per heavy atom. The summed E-state index contributed by atoms with van der Waals surface area (Å²) in [5, 5.41) is 11.9. The normalized spacial score (nSPS) is 18.5. The number of anilines is 1. The SMILES string of the molecule is CC(C)c1ccc(NC(=O)CSc2nnc(C[C@@H]3CCS(=O)(=O)C3)n2C)cc1. The second-order valence-corrected chi connectivity index (χ2v) is 10.7. The molecule has 9 heteroatoms. The van der Waals surface area contributed by atoms with Gasteiger partial charge in [-0.1, -0.05) is 37.7 Å². The van der Waals surface area contributed by atoms with Crippen LogP contribution in [0.5, 0.6) is 0 Å². The van der Waals surface area contributed by atoms with Crippen LogP contribution in [0.1, 0.15) is 37.6 Å².